The molecule has 4 rings (SSSR count). The lowest BCUT2D eigenvalue weighted by molar-refractivity contribution is 0.151. The molecular weight excluding hydrogens is 789 g/mol. The van der Waals surface area contributed by atoms with Gasteiger partial charge >= 0.3 is 36.6 Å². The highest BCUT2D eigenvalue weighted by Crippen LogP contribution is 2.31. The number of benzene rings is 4. The predicted octanol–water partition coefficient (Wildman–Crippen LogP) is 9.99. The fraction of sp³-hybridized carbons (Fsp3) is 0.279. The van der Waals surface area contributed by atoms with Crippen molar-refractivity contribution in [1.29, 1.82) is 0 Å². The SMILES string of the molecule is COC(=O)Nc1cc(NC(=O)OC(=O)Nc2cc(C(C)(C)N=C=Nc3ccc(C)c(C(C)(C)NC(=O)OC(=O)Nc4ccc(C)c(NC(=O)OC)c4)c3)ccc2C)ccc1C. The summed E-state index contributed by atoms with van der Waals surface area (Å²) in [5.74, 6) is 0. The summed E-state index contributed by atoms with van der Waals surface area (Å²) in [5, 5.41) is 15.3. The molecule has 0 bridgehead atoms. The van der Waals surface area contributed by atoms with Gasteiger partial charge in [-0.2, -0.15) is 4.99 Å². The zero-order valence-corrected chi connectivity index (χ0v) is 35.4. The third-order valence-electron chi connectivity index (χ3n) is 9.18. The van der Waals surface area contributed by atoms with Crippen molar-refractivity contribution in [3.05, 3.63) is 106 Å². The highest BCUT2D eigenvalue weighted by molar-refractivity contribution is 5.98. The number of carbonyl (C=O) groups is 6. The van der Waals surface area contributed by atoms with Gasteiger partial charge in [0.2, 0.25) is 0 Å². The molecule has 6 N–H and O–H groups in total. The molecule has 6 amide bonds. The normalized spacial score (nSPS) is 10.8. The van der Waals surface area contributed by atoms with Gasteiger partial charge in [0.25, 0.3) is 0 Å². The molecule has 4 aromatic carbocycles. The molecule has 0 saturated heterocycles. The minimum Gasteiger partial charge on any atom is -0.453 e. The molecule has 320 valence electrons. The molecule has 0 aliphatic heterocycles. The average Bonchev–Trinajstić information content (AvgIpc) is 3.18. The molecule has 0 spiro atoms. The topological polar surface area (TPSA) is 236 Å². The summed E-state index contributed by atoms with van der Waals surface area (Å²) in [6.07, 6.45) is -5.49. The second-order valence-electron chi connectivity index (χ2n) is 14.7. The molecule has 0 heterocycles. The molecule has 18 heteroatoms. The van der Waals surface area contributed by atoms with Crippen molar-refractivity contribution in [3.8, 4) is 0 Å². The molecule has 0 aliphatic rings. The average molecular weight is 837 g/mol. The fourth-order valence-electron chi connectivity index (χ4n) is 5.69. The Morgan fingerprint density at radius 2 is 0.967 bits per heavy atom. The monoisotopic (exact) mass is 836 g/mol. The van der Waals surface area contributed by atoms with E-state index in [9.17, 15) is 28.8 Å². The first-order chi connectivity index (χ1) is 28.7. The Morgan fingerprint density at radius 1 is 0.525 bits per heavy atom. The first-order valence-electron chi connectivity index (χ1n) is 18.6. The number of hydrogen-bond acceptors (Lipinski definition) is 12. The zero-order chi connectivity index (χ0) is 45.1. The van der Waals surface area contributed by atoms with Crippen LogP contribution < -0.4 is 31.9 Å². The van der Waals surface area contributed by atoms with E-state index >= 15 is 0 Å². The van der Waals surface area contributed by atoms with Crippen molar-refractivity contribution in [2.24, 2.45) is 9.98 Å². The van der Waals surface area contributed by atoms with Crippen LogP contribution in [0, 0.1) is 27.7 Å². The summed E-state index contributed by atoms with van der Waals surface area (Å²) in [6, 6.07) is 22.9. The molecule has 0 fully saturated rings. The molecular formula is C43H48N8O10. The van der Waals surface area contributed by atoms with E-state index in [0.717, 1.165) is 5.56 Å². The molecule has 0 atom stereocenters. The largest absolute Gasteiger partial charge is 0.453 e. The number of ether oxygens (including phenoxy) is 4. The van der Waals surface area contributed by atoms with Gasteiger partial charge < -0.3 is 24.3 Å². The summed E-state index contributed by atoms with van der Waals surface area (Å²) in [6.45, 7) is 14.3. The number of aryl methyl sites for hydroxylation is 4. The Bertz CT molecular complexity index is 2420. The highest BCUT2D eigenvalue weighted by Gasteiger charge is 2.27. The van der Waals surface area contributed by atoms with Gasteiger partial charge in [-0.05, 0) is 131 Å². The first kappa shape index (κ1) is 46.0. The number of aliphatic imine (C=N–C) groups is 2. The van der Waals surface area contributed by atoms with Gasteiger partial charge in [0, 0.05) is 28.4 Å². The summed E-state index contributed by atoms with van der Waals surface area (Å²) in [4.78, 5) is 82.9. The van der Waals surface area contributed by atoms with Crippen molar-refractivity contribution in [1.82, 2.24) is 5.32 Å². The van der Waals surface area contributed by atoms with Gasteiger partial charge in [-0.3, -0.25) is 26.6 Å². The Hall–Kier alpha value is -7.72. The predicted molar refractivity (Wildman–Crippen MR) is 230 cm³/mol. The Labute approximate surface area is 352 Å². The van der Waals surface area contributed by atoms with E-state index in [1.807, 2.05) is 32.9 Å². The number of anilines is 5. The third kappa shape index (κ3) is 13.1. The second kappa shape index (κ2) is 19.8. The number of hydrogen-bond donors (Lipinski definition) is 6. The quantitative estimate of drug-likeness (QED) is 0.0502. The van der Waals surface area contributed by atoms with Gasteiger partial charge in [-0.1, -0.05) is 30.3 Å². The van der Waals surface area contributed by atoms with Crippen LogP contribution in [-0.4, -0.2) is 56.8 Å². The maximum Gasteiger partial charge on any atom is 0.420 e. The van der Waals surface area contributed by atoms with Crippen LogP contribution in [0.2, 0.25) is 0 Å². The van der Waals surface area contributed by atoms with Gasteiger partial charge in [0.05, 0.1) is 37.0 Å². The smallest absolute Gasteiger partial charge is 0.420 e. The maximum absolute atomic E-state index is 12.8. The zero-order valence-electron chi connectivity index (χ0n) is 35.4. The lowest BCUT2D eigenvalue weighted by Gasteiger charge is -2.28. The van der Waals surface area contributed by atoms with Crippen LogP contribution in [0.3, 0.4) is 0 Å². The van der Waals surface area contributed by atoms with Crippen molar-refractivity contribution in [2.45, 2.75) is 66.5 Å². The molecule has 0 aromatic heterocycles. The maximum atomic E-state index is 12.8. The molecule has 4 aromatic rings. The summed E-state index contributed by atoms with van der Waals surface area (Å²) < 4.78 is 19.1. The fourth-order valence-corrected chi connectivity index (χ4v) is 5.69. The van der Waals surface area contributed by atoms with E-state index in [1.165, 1.54) is 26.4 Å². The minimum absolute atomic E-state index is 0.269. The number of nitrogens with one attached hydrogen (secondary N) is 6. The van der Waals surface area contributed by atoms with E-state index in [1.54, 1.807) is 83.1 Å². The Morgan fingerprint density at radius 3 is 1.49 bits per heavy atom. The van der Waals surface area contributed by atoms with Crippen molar-refractivity contribution >= 4 is 76.7 Å². The standard InChI is InChI=1S/C43H48N8O10/c1-24-12-16-29(20-32(24)43(7,8)51-41(57)61-39(55)47-31-18-14-27(4)35(22-31)49-37(53)59-10)44-23-45-42(5,6)28-15-11-25(2)33(19-28)50-40(56)60-38(54)46-30-17-13-26(3)34(21-30)48-36(52)58-9/h11-22H,1-10H3,(H,46,54)(H,47,55)(H,48,52)(H,49,53)(H,50,56)(H,51,57). The molecule has 18 nitrogen and oxygen atoms in total. The van der Waals surface area contributed by atoms with Crippen LogP contribution in [0.5, 0.6) is 0 Å². The Kier molecular flexibility index (Phi) is 14.9. The van der Waals surface area contributed by atoms with Crippen LogP contribution >= 0.6 is 0 Å². The molecule has 61 heavy (non-hydrogen) atoms. The number of methoxy groups -OCH3 is 2. The first-order valence-corrected chi connectivity index (χ1v) is 18.6. The van der Waals surface area contributed by atoms with Crippen LogP contribution in [0.15, 0.2) is 82.8 Å². The van der Waals surface area contributed by atoms with Crippen molar-refractivity contribution in [2.75, 3.05) is 40.8 Å². The molecule has 0 unspecified atom stereocenters. The minimum atomic E-state index is -1.05. The van der Waals surface area contributed by atoms with Crippen molar-refractivity contribution in [3.63, 3.8) is 0 Å². The van der Waals surface area contributed by atoms with E-state index in [4.69, 9.17) is 9.47 Å². The van der Waals surface area contributed by atoms with Crippen LogP contribution in [0.1, 0.15) is 61.1 Å². The van der Waals surface area contributed by atoms with Gasteiger partial charge in [-0.25, -0.2) is 33.8 Å². The van der Waals surface area contributed by atoms with E-state index in [-0.39, 0.29) is 11.4 Å². The van der Waals surface area contributed by atoms with Gasteiger partial charge in [0.1, 0.15) is 0 Å². The van der Waals surface area contributed by atoms with Crippen molar-refractivity contribution < 1.29 is 47.7 Å². The highest BCUT2D eigenvalue weighted by atomic mass is 16.6. The van der Waals surface area contributed by atoms with Crippen LogP contribution in [0.4, 0.5) is 62.9 Å². The lowest BCUT2D eigenvalue weighted by atomic mass is 9.90. The number of carbonyl (C=O) groups excluding carboxylic acids is 6. The molecule has 0 saturated carbocycles. The summed E-state index contributed by atoms with van der Waals surface area (Å²) >= 11 is 0. The number of alkyl carbamates (subject to hydrolysis) is 1. The number of amides is 6. The summed E-state index contributed by atoms with van der Waals surface area (Å²) in [7, 11) is 2.45. The van der Waals surface area contributed by atoms with Crippen LogP contribution in [0.25, 0.3) is 0 Å². The molecule has 0 aliphatic carbocycles. The van der Waals surface area contributed by atoms with E-state index in [0.29, 0.717) is 50.6 Å². The summed E-state index contributed by atoms with van der Waals surface area (Å²) in [5.41, 5.74) is 4.60. The second-order valence-corrected chi connectivity index (χ2v) is 14.7. The number of rotatable bonds is 10. The van der Waals surface area contributed by atoms with E-state index in [2.05, 4.69) is 57.4 Å². The van der Waals surface area contributed by atoms with Gasteiger partial charge in [0.15, 0.2) is 0 Å². The third-order valence-corrected chi connectivity index (χ3v) is 9.18. The lowest BCUT2D eigenvalue weighted by Crippen LogP contribution is -2.43. The van der Waals surface area contributed by atoms with Gasteiger partial charge in [-0.15, -0.1) is 0 Å². The number of nitrogens with zero attached hydrogens (tertiary/aromatic N) is 2. The molecule has 0 radical (unpaired) electrons. The Balaban J connectivity index is 1.39. The van der Waals surface area contributed by atoms with E-state index < -0.39 is 47.6 Å². The van der Waals surface area contributed by atoms with Crippen LogP contribution in [-0.2, 0) is 30.0 Å².